The second kappa shape index (κ2) is 7.43. The Morgan fingerprint density at radius 1 is 1.25 bits per heavy atom. The zero-order chi connectivity index (χ0) is 6.24. The SMILES string of the molecule is CCCCCC[Si][Si]. The highest BCUT2D eigenvalue weighted by Gasteiger charge is 1.84. The standard InChI is InChI=1S/C6H13Si2/c1-2-3-4-5-6-8-7/h2-6H2,1H3. The van der Waals surface area contributed by atoms with Crippen molar-refractivity contribution in [3.05, 3.63) is 0 Å². The van der Waals surface area contributed by atoms with E-state index in [-0.39, 0.29) is 0 Å². The van der Waals surface area contributed by atoms with Crippen LogP contribution in [-0.2, 0) is 0 Å². The second-order valence-electron chi connectivity index (χ2n) is 1.99. The summed E-state index contributed by atoms with van der Waals surface area (Å²) in [5.41, 5.74) is 0. The van der Waals surface area contributed by atoms with Crippen LogP contribution in [0.15, 0.2) is 0 Å². The highest BCUT2D eigenvalue weighted by atomic mass is 29.1. The molecule has 0 bridgehead atoms. The minimum atomic E-state index is 0.975. The maximum Gasteiger partial charge on any atom is 0.0180 e. The van der Waals surface area contributed by atoms with Gasteiger partial charge in [-0.25, -0.2) is 0 Å². The smallest absolute Gasteiger partial charge is 0.0180 e. The molecule has 0 nitrogen and oxygen atoms in total. The first kappa shape index (κ1) is 8.43. The molecule has 0 rings (SSSR count). The zero-order valence-electron chi connectivity index (χ0n) is 5.54. The second-order valence-corrected chi connectivity index (χ2v) is 3.90. The van der Waals surface area contributed by atoms with Crippen LogP contribution >= 0.6 is 0 Å². The van der Waals surface area contributed by atoms with Gasteiger partial charge in [0.1, 0.15) is 0 Å². The molecule has 0 aliphatic carbocycles. The average molecular weight is 141 g/mol. The van der Waals surface area contributed by atoms with Gasteiger partial charge in [-0.15, -0.1) is 0 Å². The van der Waals surface area contributed by atoms with E-state index in [2.05, 4.69) is 16.7 Å². The molecule has 45 valence electrons. The van der Waals surface area contributed by atoms with Gasteiger partial charge in [0.05, 0.1) is 0 Å². The fourth-order valence-electron chi connectivity index (χ4n) is 0.640. The first-order chi connectivity index (χ1) is 3.91. The molecule has 0 N–H and O–H groups in total. The van der Waals surface area contributed by atoms with Crippen molar-refractivity contribution in [1.29, 1.82) is 0 Å². The topological polar surface area (TPSA) is 0 Å². The number of hydrogen-bond donors (Lipinski definition) is 0. The van der Waals surface area contributed by atoms with Gasteiger partial charge in [-0.2, -0.15) is 0 Å². The van der Waals surface area contributed by atoms with E-state index >= 15 is 0 Å². The van der Waals surface area contributed by atoms with Crippen molar-refractivity contribution in [1.82, 2.24) is 0 Å². The van der Waals surface area contributed by atoms with Crippen LogP contribution in [0.2, 0.25) is 6.04 Å². The summed E-state index contributed by atoms with van der Waals surface area (Å²) < 4.78 is 0. The van der Waals surface area contributed by atoms with Crippen molar-refractivity contribution in [3.63, 3.8) is 0 Å². The van der Waals surface area contributed by atoms with Crippen molar-refractivity contribution >= 4 is 18.8 Å². The van der Waals surface area contributed by atoms with Crippen molar-refractivity contribution < 1.29 is 0 Å². The quantitative estimate of drug-likeness (QED) is 0.404. The minimum absolute atomic E-state index is 0.975. The van der Waals surface area contributed by atoms with Gasteiger partial charge in [0, 0.05) is 18.8 Å². The molecule has 0 unspecified atom stereocenters. The fourth-order valence-corrected chi connectivity index (χ4v) is 1.60. The Morgan fingerprint density at radius 3 is 2.50 bits per heavy atom. The van der Waals surface area contributed by atoms with Crippen molar-refractivity contribution in [2.75, 3.05) is 0 Å². The lowest BCUT2D eigenvalue weighted by molar-refractivity contribution is 0.701. The molecule has 0 aromatic carbocycles. The number of hydrogen-bond acceptors (Lipinski definition) is 0. The zero-order valence-corrected chi connectivity index (χ0v) is 7.54. The summed E-state index contributed by atoms with van der Waals surface area (Å²) in [4.78, 5) is 0. The van der Waals surface area contributed by atoms with Crippen LogP contribution < -0.4 is 0 Å². The highest BCUT2D eigenvalue weighted by Crippen LogP contribution is 2.00. The van der Waals surface area contributed by atoms with Crippen molar-refractivity contribution in [3.8, 4) is 0 Å². The Kier molecular flexibility index (Phi) is 7.84. The molecule has 2 heteroatoms. The van der Waals surface area contributed by atoms with Gasteiger partial charge in [-0.3, -0.25) is 0 Å². The molecule has 8 heavy (non-hydrogen) atoms. The van der Waals surface area contributed by atoms with E-state index in [4.69, 9.17) is 0 Å². The predicted octanol–water partition coefficient (Wildman–Crippen LogP) is 1.77. The third-order valence-electron chi connectivity index (χ3n) is 1.16. The first-order valence-corrected chi connectivity index (χ1v) is 6.02. The van der Waals surface area contributed by atoms with Crippen LogP contribution in [0.1, 0.15) is 32.6 Å². The van der Waals surface area contributed by atoms with Crippen LogP contribution in [0.4, 0.5) is 0 Å². The molecular weight excluding hydrogens is 128 g/mol. The molecule has 0 saturated heterocycles. The van der Waals surface area contributed by atoms with Crippen molar-refractivity contribution in [2.45, 2.75) is 38.7 Å². The summed E-state index contributed by atoms with van der Waals surface area (Å²) in [6.07, 6.45) is 5.60. The molecule has 0 aliphatic rings. The summed E-state index contributed by atoms with van der Waals surface area (Å²) in [5, 5.41) is 0. The van der Waals surface area contributed by atoms with Gasteiger partial charge in [-0.05, 0) is 0 Å². The molecule has 0 fully saturated rings. The summed E-state index contributed by atoms with van der Waals surface area (Å²) >= 11 is 0. The van der Waals surface area contributed by atoms with Crippen LogP contribution in [0.3, 0.4) is 0 Å². The van der Waals surface area contributed by atoms with E-state index in [1.165, 1.54) is 31.7 Å². The third kappa shape index (κ3) is 6.43. The van der Waals surface area contributed by atoms with Gasteiger partial charge in [0.15, 0.2) is 0 Å². The van der Waals surface area contributed by atoms with E-state index < -0.39 is 0 Å². The number of rotatable bonds is 5. The molecule has 0 amide bonds. The predicted molar refractivity (Wildman–Crippen MR) is 40.5 cm³/mol. The Bertz CT molecular complexity index is 31.5. The summed E-state index contributed by atoms with van der Waals surface area (Å²) in [6, 6.07) is 1.37. The first-order valence-electron chi connectivity index (χ1n) is 3.31. The third-order valence-corrected chi connectivity index (χ3v) is 2.51. The summed E-state index contributed by atoms with van der Waals surface area (Å²) in [7, 11) is 4.45. The van der Waals surface area contributed by atoms with Crippen LogP contribution in [0.25, 0.3) is 0 Å². The molecule has 5 radical (unpaired) electrons. The molecule has 0 aromatic heterocycles. The summed E-state index contributed by atoms with van der Waals surface area (Å²) in [5.74, 6) is 0. The largest absolute Gasteiger partial charge is 0.0654 e. The van der Waals surface area contributed by atoms with E-state index in [1.807, 2.05) is 0 Å². The highest BCUT2D eigenvalue weighted by molar-refractivity contribution is 6.89. The Morgan fingerprint density at radius 2 is 2.00 bits per heavy atom. The van der Waals surface area contributed by atoms with Crippen molar-refractivity contribution in [2.24, 2.45) is 0 Å². The Labute approximate surface area is 58.1 Å². The van der Waals surface area contributed by atoms with E-state index in [0.29, 0.717) is 0 Å². The fraction of sp³-hybridized carbons (Fsp3) is 1.00. The maximum atomic E-state index is 3.47. The molecular formula is C6H13Si2. The average Bonchev–Trinajstić information content (AvgIpc) is 1.81. The molecule has 0 heterocycles. The van der Waals surface area contributed by atoms with Crippen LogP contribution in [0, 0.1) is 0 Å². The van der Waals surface area contributed by atoms with Gasteiger partial charge in [0.2, 0.25) is 0 Å². The molecule has 0 atom stereocenters. The minimum Gasteiger partial charge on any atom is -0.0654 e. The Hall–Kier alpha value is 0.434. The lowest BCUT2D eigenvalue weighted by Gasteiger charge is -1.93. The van der Waals surface area contributed by atoms with Gasteiger partial charge >= 0.3 is 0 Å². The van der Waals surface area contributed by atoms with Crippen LogP contribution in [0.5, 0.6) is 0 Å². The molecule has 0 aliphatic heterocycles. The number of unbranched alkanes of at least 4 members (excludes halogenated alkanes) is 3. The lowest BCUT2D eigenvalue weighted by atomic mass is 10.2. The summed E-state index contributed by atoms with van der Waals surface area (Å²) in [6.45, 7) is 2.25. The Balaban J connectivity index is 2.53. The van der Waals surface area contributed by atoms with E-state index in [0.717, 1.165) is 9.04 Å². The molecule has 0 saturated carbocycles. The van der Waals surface area contributed by atoms with Gasteiger partial charge in [-0.1, -0.05) is 38.7 Å². The maximum absolute atomic E-state index is 3.47. The van der Waals surface area contributed by atoms with Crippen LogP contribution in [-0.4, -0.2) is 18.8 Å². The van der Waals surface area contributed by atoms with E-state index in [1.54, 1.807) is 0 Å². The monoisotopic (exact) mass is 141 g/mol. The molecule has 0 aromatic rings. The van der Waals surface area contributed by atoms with Gasteiger partial charge in [0.25, 0.3) is 0 Å². The van der Waals surface area contributed by atoms with E-state index in [9.17, 15) is 0 Å². The molecule has 0 spiro atoms. The lowest BCUT2D eigenvalue weighted by Crippen LogP contribution is -1.86. The van der Waals surface area contributed by atoms with Gasteiger partial charge < -0.3 is 0 Å². The normalized spacial score (nSPS) is 9.75.